The Balaban J connectivity index is 1.88. The van der Waals surface area contributed by atoms with E-state index in [1.165, 1.54) is 5.01 Å². The second-order valence-electron chi connectivity index (χ2n) is 4.69. The van der Waals surface area contributed by atoms with E-state index in [1.54, 1.807) is 25.1 Å². The van der Waals surface area contributed by atoms with E-state index in [0.717, 1.165) is 0 Å². The summed E-state index contributed by atoms with van der Waals surface area (Å²) in [4.78, 5) is 24.1. The maximum Gasteiger partial charge on any atom is 0.273 e. The van der Waals surface area contributed by atoms with E-state index < -0.39 is 5.92 Å². The molecule has 1 saturated heterocycles. The topological polar surface area (TPSA) is 73.8 Å². The van der Waals surface area contributed by atoms with E-state index in [1.807, 2.05) is 18.2 Å². The first-order valence-electron chi connectivity index (χ1n) is 6.34. The molecule has 21 heavy (non-hydrogen) atoms. The van der Waals surface area contributed by atoms with Crippen LogP contribution in [0.5, 0.6) is 0 Å². The maximum atomic E-state index is 12.5. The van der Waals surface area contributed by atoms with Crippen LogP contribution in [0.2, 0.25) is 0 Å². The van der Waals surface area contributed by atoms with Gasteiger partial charge in [-0.15, -0.1) is 0 Å². The molecular formula is C14H12N4O2S. The number of nitrogens with one attached hydrogen (secondary N) is 2. The van der Waals surface area contributed by atoms with Crippen LogP contribution in [0.25, 0.3) is 0 Å². The Hall–Kier alpha value is -2.54. The monoisotopic (exact) mass is 300 g/mol. The number of hydrogen-bond acceptors (Lipinski definition) is 4. The number of rotatable bonds is 2. The first kappa shape index (κ1) is 13.4. The van der Waals surface area contributed by atoms with Crippen molar-refractivity contribution < 1.29 is 9.59 Å². The SMILES string of the molecule is CC1=NN(c2ccccc2)C(=O)[C@@H]1/C=C1\NC(=S)NC1=O. The third-order valence-corrected chi connectivity index (χ3v) is 3.44. The van der Waals surface area contributed by atoms with Gasteiger partial charge < -0.3 is 5.32 Å². The number of anilines is 1. The maximum absolute atomic E-state index is 12.5. The number of benzene rings is 1. The fraction of sp³-hybridized carbons (Fsp3) is 0.143. The lowest BCUT2D eigenvalue weighted by molar-refractivity contribution is -0.118. The van der Waals surface area contributed by atoms with Crippen molar-refractivity contribution in [3.05, 3.63) is 42.1 Å². The number of amides is 2. The fourth-order valence-electron chi connectivity index (χ4n) is 2.19. The Labute approximate surface area is 126 Å². The normalized spacial score (nSPS) is 23.4. The van der Waals surface area contributed by atoms with Gasteiger partial charge in [-0.1, -0.05) is 18.2 Å². The van der Waals surface area contributed by atoms with Crippen molar-refractivity contribution in [2.75, 3.05) is 5.01 Å². The molecule has 1 atom stereocenters. The summed E-state index contributed by atoms with van der Waals surface area (Å²) in [7, 11) is 0. The summed E-state index contributed by atoms with van der Waals surface area (Å²) in [6.07, 6.45) is 1.55. The number of carbonyl (C=O) groups is 2. The van der Waals surface area contributed by atoms with Crippen molar-refractivity contribution >= 4 is 40.5 Å². The quantitative estimate of drug-likeness (QED) is 0.629. The molecule has 3 rings (SSSR count). The van der Waals surface area contributed by atoms with Gasteiger partial charge in [0.15, 0.2) is 5.11 Å². The van der Waals surface area contributed by atoms with E-state index in [-0.39, 0.29) is 22.6 Å². The number of para-hydroxylation sites is 1. The molecule has 2 heterocycles. The van der Waals surface area contributed by atoms with Crippen LogP contribution in [0.4, 0.5) is 5.69 Å². The molecule has 1 fully saturated rings. The lowest BCUT2D eigenvalue weighted by Gasteiger charge is -2.12. The van der Waals surface area contributed by atoms with Gasteiger partial charge in [0, 0.05) is 0 Å². The van der Waals surface area contributed by atoms with Gasteiger partial charge in [-0.2, -0.15) is 10.1 Å². The van der Waals surface area contributed by atoms with Crippen molar-refractivity contribution in [3.63, 3.8) is 0 Å². The number of hydrogen-bond donors (Lipinski definition) is 2. The zero-order chi connectivity index (χ0) is 15.0. The first-order chi connectivity index (χ1) is 10.1. The van der Waals surface area contributed by atoms with Gasteiger partial charge in [0.1, 0.15) is 11.6 Å². The highest BCUT2D eigenvalue weighted by atomic mass is 32.1. The van der Waals surface area contributed by atoms with Crippen LogP contribution < -0.4 is 15.6 Å². The van der Waals surface area contributed by atoms with E-state index in [2.05, 4.69) is 15.7 Å². The summed E-state index contributed by atoms with van der Waals surface area (Å²) in [5, 5.41) is 11.1. The van der Waals surface area contributed by atoms with Gasteiger partial charge in [-0.3, -0.25) is 14.9 Å². The summed E-state index contributed by atoms with van der Waals surface area (Å²) < 4.78 is 0. The second-order valence-corrected chi connectivity index (χ2v) is 5.10. The fourth-order valence-corrected chi connectivity index (χ4v) is 2.39. The molecule has 0 unspecified atom stereocenters. The van der Waals surface area contributed by atoms with Gasteiger partial charge in [0.05, 0.1) is 11.4 Å². The standard InChI is InChI=1S/C14H12N4O2S/c1-8-10(7-11-12(19)16-14(21)15-11)13(20)18(17-8)9-5-3-2-4-6-9/h2-7,10H,1H3,(H2,15,16,19,21)/b11-7-/t10-/m1/s1. The Bertz CT molecular complexity index is 696. The molecule has 2 N–H and O–H groups in total. The summed E-state index contributed by atoms with van der Waals surface area (Å²) in [6.45, 7) is 1.76. The molecule has 0 bridgehead atoms. The van der Waals surface area contributed by atoms with Crippen molar-refractivity contribution in [2.24, 2.45) is 11.0 Å². The summed E-state index contributed by atoms with van der Waals surface area (Å²) in [5.74, 6) is -1.10. The Kier molecular flexibility index (Phi) is 3.26. The van der Waals surface area contributed by atoms with Crippen molar-refractivity contribution in [3.8, 4) is 0 Å². The Morgan fingerprint density at radius 2 is 1.95 bits per heavy atom. The first-order valence-corrected chi connectivity index (χ1v) is 6.75. The van der Waals surface area contributed by atoms with Crippen molar-refractivity contribution in [1.29, 1.82) is 0 Å². The highest BCUT2D eigenvalue weighted by Crippen LogP contribution is 2.25. The average Bonchev–Trinajstić information content (AvgIpc) is 2.93. The van der Waals surface area contributed by atoms with Crippen LogP contribution in [0, 0.1) is 5.92 Å². The van der Waals surface area contributed by atoms with Gasteiger partial charge in [0.25, 0.3) is 11.8 Å². The van der Waals surface area contributed by atoms with Gasteiger partial charge >= 0.3 is 0 Å². The molecule has 1 aromatic carbocycles. The zero-order valence-electron chi connectivity index (χ0n) is 11.2. The molecule has 106 valence electrons. The molecule has 0 spiro atoms. The zero-order valence-corrected chi connectivity index (χ0v) is 12.0. The number of hydrazone groups is 1. The summed E-state index contributed by atoms with van der Waals surface area (Å²) in [6, 6.07) is 9.15. The van der Waals surface area contributed by atoms with Crippen molar-refractivity contribution in [1.82, 2.24) is 10.6 Å². The van der Waals surface area contributed by atoms with Gasteiger partial charge in [-0.25, -0.2) is 0 Å². The van der Waals surface area contributed by atoms with E-state index >= 15 is 0 Å². The highest BCUT2D eigenvalue weighted by molar-refractivity contribution is 7.80. The van der Waals surface area contributed by atoms with E-state index in [0.29, 0.717) is 11.4 Å². The molecule has 2 amide bonds. The number of thiocarbonyl (C=S) groups is 1. The van der Waals surface area contributed by atoms with Crippen LogP contribution in [0.3, 0.4) is 0 Å². The van der Waals surface area contributed by atoms with Crippen LogP contribution in [-0.2, 0) is 9.59 Å². The predicted octanol–water partition coefficient (Wildman–Crippen LogP) is 0.913. The van der Waals surface area contributed by atoms with Crippen LogP contribution in [-0.4, -0.2) is 22.6 Å². The molecule has 0 aliphatic carbocycles. The lowest BCUT2D eigenvalue weighted by Crippen LogP contribution is -2.27. The molecule has 0 aromatic heterocycles. The molecular weight excluding hydrogens is 288 g/mol. The molecule has 2 aliphatic heterocycles. The largest absolute Gasteiger partial charge is 0.328 e. The predicted molar refractivity (Wildman–Crippen MR) is 82.5 cm³/mol. The molecule has 7 heteroatoms. The second kappa shape index (κ2) is 5.10. The minimum atomic E-state index is -0.570. The van der Waals surface area contributed by atoms with E-state index in [9.17, 15) is 9.59 Å². The van der Waals surface area contributed by atoms with Crippen LogP contribution >= 0.6 is 12.2 Å². The Morgan fingerprint density at radius 3 is 2.57 bits per heavy atom. The van der Waals surface area contributed by atoms with Crippen LogP contribution in [0.15, 0.2) is 47.2 Å². The summed E-state index contributed by atoms with van der Waals surface area (Å²) >= 11 is 4.86. The van der Waals surface area contributed by atoms with Crippen molar-refractivity contribution in [2.45, 2.75) is 6.92 Å². The third kappa shape index (κ3) is 2.43. The Morgan fingerprint density at radius 1 is 1.24 bits per heavy atom. The van der Waals surface area contributed by atoms with E-state index in [4.69, 9.17) is 12.2 Å². The molecule has 0 saturated carbocycles. The molecule has 2 aliphatic rings. The highest BCUT2D eigenvalue weighted by Gasteiger charge is 2.34. The molecule has 0 radical (unpaired) electrons. The molecule has 6 nitrogen and oxygen atoms in total. The minimum absolute atomic E-state index is 0.196. The smallest absolute Gasteiger partial charge is 0.273 e. The van der Waals surface area contributed by atoms with Gasteiger partial charge in [-0.05, 0) is 37.4 Å². The molecule has 1 aromatic rings. The number of carbonyl (C=O) groups excluding carboxylic acids is 2. The lowest BCUT2D eigenvalue weighted by atomic mass is 10.0. The summed E-state index contributed by atoms with van der Waals surface area (Å²) in [5.41, 5.74) is 1.61. The minimum Gasteiger partial charge on any atom is -0.328 e. The van der Waals surface area contributed by atoms with Crippen LogP contribution in [0.1, 0.15) is 6.92 Å². The average molecular weight is 300 g/mol. The third-order valence-electron chi connectivity index (χ3n) is 3.24. The number of nitrogens with zero attached hydrogens (tertiary/aromatic N) is 2. The van der Waals surface area contributed by atoms with Gasteiger partial charge in [0.2, 0.25) is 0 Å².